The molecular weight excluding hydrogens is 504 g/mol. The number of nitrogens with zero attached hydrogens (tertiary/aromatic N) is 4. The molecule has 40 heavy (non-hydrogen) atoms. The van der Waals surface area contributed by atoms with Crippen molar-refractivity contribution in [2.75, 3.05) is 6.54 Å². The predicted molar refractivity (Wildman–Crippen MR) is 151 cm³/mol. The van der Waals surface area contributed by atoms with Crippen LogP contribution in [0, 0.1) is 0 Å². The van der Waals surface area contributed by atoms with Gasteiger partial charge in [-0.15, -0.1) is 0 Å². The van der Waals surface area contributed by atoms with Crippen molar-refractivity contribution >= 4 is 28.5 Å². The molecule has 194 valence electrons. The summed E-state index contributed by atoms with van der Waals surface area (Å²) in [6, 6.07) is 28.2. The van der Waals surface area contributed by atoms with Crippen LogP contribution in [0.4, 0.5) is 4.79 Å². The molecule has 7 rings (SSSR count). The molecule has 9 nitrogen and oxygen atoms in total. The molecule has 9 heteroatoms. The van der Waals surface area contributed by atoms with Gasteiger partial charge in [-0.1, -0.05) is 72.8 Å². The molecule has 0 spiro atoms. The number of carbonyl (C=O) groups excluding carboxylic acids is 2. The molecule has 0 atom stereocenters. The zero-order valence-electron chi connectivity index (χ0n) is 21.2. The molecule has 0 unspecified atom stereocenters. The molecule has 0 bridgehead atoms. The fourth-order valence-electron chi connectivity index (χ4n) is 5.21. The number of H-pyrrole nitrogens is 1. The summed E-state index contributed by atoms with van der Waals surface area (Å²) in [5.74, 6) is -0.372. The van der Waals surface area contributed by atoms with Gasteiger partial charge in [-0.25, -0.2) is 9.78 Å². The first kappa shape index (κ1) is 23.5. The Morgan fingerprint density at radius 2 is 1.52 bits per heavy atom. The van der Waals surface area contributed by atoms with Crippen LogP contribution < -0.4 is 10.9 Å². The number of imide groups is 1. The van der Waals surface area contributed by atoms with Gasteiger partial charge in [-0.05, 0) is 29.3 Å². The molecule has 6 aromatic rings. The number of carbonyl (C=O) groups is 2. The van der Waals surface area contributed by atoms with Crippen LogP contribution in [0.5, 0.6) is 0 Å². The van der Waals surface area contributed by atoms with Crippen molar-refractivity contribution in [2.24, 2.45) is 0 Å². The van der Waals surface area contributed by atoms with Crippen LogP contribution in [0.3, 0.4) is 0 Å². The molecule has 3 aromatic heterocycles. The van der Waals surface area contributed by atoms with Crippen molar-refractivity contribution in [3.05, 3.63) is 113 Å². The molecule has 3 amide bonds. The molecule has 4 heterocycles. The summed E-state index contributed by atoms with van der Waals surface area (Å²) in [6.45, 7) is -0.231. The summed E-state index contributed by atoms with van der Waals surface area (Å²) in [6.07, 6.45) is 1.71. The van der Waals surface area contributed by atoms with Crippen molar-refractivity contribution in [1.82, 2.24) is 29.8 Å². The third-order valence-electron chi connectivity index (χ3n) is 7.12. The summed E-state index contributed by atoms with van der Waals surface area (Å²) in [5, 5.41) is 6.71. The highest BCUT2D eigenvalue weighted by Gasteiger charge is 2.31. The minimum atomic E-state index is -0.511. The number of aromatic amines is 1. The Balaban J connectivity index is 1.54. The van der Waals surface area contributed by atoms with Gasteiger partial charge in [0.05, 0.1) is 41.1 Å². The third-order valence-corrected chi connectivity index (χ3v) is 7.12. The SMILES string of the molecule is O=C1CNC(=O)N1Cc1nc2c(-c3ccccc3)c(-c3ccccc3)[nH]n2c(=O)c1-c1ccc2ncccc2c1. The summed E-state index contributed by atoms with van der Waals surface area (Å²) in [7, 11) is 0. The second-order valence-corrected chi connectivity index (χ2v) is 9.54. The smallest absolute Gasteiger partial charge is 0.324 e. The van der Waals surface area contributed by atoms with E-state index in [9.17, 15) is 14.4 Å². The second kappa shape index (κ2) is 9.32. The number of fused-ring (bicyclic) bond motifs is 2. The normalized spacial score (nSPS) is 13.3. The first-order valence-corrected chi connectivity index (χ1v) is 12.8. The number of nitrogens with one attached hydrogen (secondary N) is 2. The van der Waals surface area contributed by atoms with Gasteiger partial charge in [0.1, 0.15) is 0 Å². The largest absolute Gasteiger partial charge is 0.329 e. The van der Waals surface area contributed by atoms with Crippen molar-refractivity contribution in [3.8, 4) is 33.5 Å². The van der Waals surface area contributed by atoms with E-state index in [0.29, 0.717) is 22.5 Å². The van der Waals surface area contributed by atoms with E-state index in [-0.39, 0.29) is 24.6 Å². The van der Waals surface area contributed by atoms with Crippen molar-refractivity contribution in [3.63, 3.8) is 0 Å². The Morgan fingerprint density at radius 3 is 2.25 bits per heavy atom. The number of aromatic nitrogens is 4. The maximum atomic E-state index is 14.3. The van der Waals surface area contributed by atoms with Crippen molar-refractivity contribution in [1.29, 1.82) is 0 Å². The van der Waals surface area contributed by atoms with Crippen LogP contribution in [0.25, 0.3) is 50.1 Å². The highest BCUT2D eigenvalue weighted by atomic mass is 16.2. The summed E-state index contributed by atoms with van der Waals surface area (Å²) < 4.78 is 1.45. The molecule has 0 saturated carbocycles. The minimum absolute atomic E-state index is 0.0887. The average molecular weight is 527 g/mol. The Morgan fingerprint density at radius 1 is 0.775 bits per heavy atom. The van der Waals surface area contributed by atoms with E-state index in [1.807, 2.05) is 91.0 Å². The van der Waals surface area contributed by atoms with Crippen LogP contribution in [0.15, 0.2) is 102 Å². The summed E-state index contributed by atoms with van der Waals surface area (Å²) >= 11 is 0. The van der Waals surface area contributed by atoms with Crippen LogP contribution in [0.1, 0.15) is 5.69 Å². The van der Waals surface area contributed by atoms with Crippen LogP contribution >= 0.6 is 0 Å². The maximum absolute atomic E-state index is 14.3. The van der Waals surface area contributed by atoms with E-state index in [0.717, 1.165) is 38.2 Å². The fourth-order valence-corrected chi connectivity index (χ4v) is 5.21. The van der Waals surface area contributed by atoms with E-state index < -0.39 is 6.03 Å². The Kier molecular flexibility index (Phi) is 5.48. The number of hydrogen-bond acceptors (Lipinski definition) is 5. The number of pyridine rings is 1. The fraction of sp³-hybridized carbons (Fsp3) is 0.0645. The lowest BCUT2D eigenvalue weighted by Crippen LogP contribution is -2.32. The van der Waals surface area contributed by atoms with E-state index in [4.69, 9.17) is 4.98 Å². The quantitative estimate of drug-likeness (QED) is 0.318. The van der Waals surface area contributed by atoms with Gasteiger partial charge >= 0.3 is 6.03 Å². The molecule has 1 aliphatic heterocycles. The Hall–Kier alpha value is -5.57. The van der Waals surface area contributed by atoms with Crippen LogP contribution in [-0.2, 0) is 11.3 Å². The van der Waals surface area contributed by atoms with Crippen LogP contribution in [-0.4, -0.2) is 43.0 Å². The highest BCUT2D eigenvalue weighted by Crippen LogP contribution is 2.35. The molecule has 0 radical (unpaired) electrons. The molecular formula is C31H22N6O3. The number of hydrogen-bond donors (Lipinski definition) is 2. The molecule has 1 saturated heterocycles. The van der Waals surface area contributed by atoms with E-state index >= 15 is 0 Å². The van der Waals surface area contributed by atoms with Crippen molar-refractivity contribution in [2.45, 2.75) is 6.54 Å². The number of urea groups is 1. The zero-order chi connectivity index (χ0) is 27.2. The number of amides is 3. The van der Waals surface area contributed by atoms with Crippen molar-refractivity contribution < 1.29 is 9.59 Å². The Bertz CT molecular complexity index is 1980. The van der Waals surface area contributed by atoms with Gasteiger partial charge in [0.2, 0.25) is 5.91 Å². The van der Waals surface area contributed by atoms with E-state index in [1.54, 1.807) is 6.20 Å². The lowest BCUT2D eigenvalue weighted by atomic mass is 10.0. The number of benzene rings is 3. The predicted octanol–water partition coefficient (Wildman–Crippen LogP) is 4.62. The standard InChI is InChI=1S/C31H22N6O3/c38-25-17-33-31(40)36(25)18-24-26(22-13-14-23-21(16-22)12-7-15-32-23)30(39)37-29(34-24)27(19-8-3-1-4-9-19)28(35-37)20-10-5-2-6-11-20/h1-16,35H,17-18H2,(H,33,40). The molecule has 3 aromatic carbocycles. The lowest BCUT2D eigenvalue weighted by Gasteiger charge is -2.15. The maximum Gasteiger partial charge on any atom is 0.324 e. The Labute approximate surface area is 227 Å². The molecule has 0 aliphatic carbocycles. The van der Waals surface area contributed by atoms with Gasteiger partial charge < -0.3 is 5.32 Å². The van der Waals surface area contributed by atoms with E-state index in [2.05, 4.69) is 15.4 Å². The lowest BCUT2D eigenvalue weighted by molar-refractivity contribution is -0.125. The van der Waals surface area contributed by atoms with Gasteiger partial charge in [0.15, 0.2) is 5.65 Å². The molecule has 1 fully saturated rings. The summed E-state index contributed by atoms with van der Waals surface area (Å²) in [5.41, 5.74) is 5.34. The van der Waals surface area contributed by atoms with Gasteiger partial charge in [-0.2, -0.15) is 4.52 Å². The monoisotopic (exact) mass is 526 g/mol. The van der Waals surface area contributed by atoms with Gasteiger partial charge in [-0.3, -0.25) is 24.6 Å². The van der Waals surface area contributed by atoms with Gasteiger partial charge in [0.25, 0.3) is 5.56 Å². The number of rotatable bonds is 5. The molecule has 2 N–H and O–H groups in total. The minimum Gasteiger partial charge on any atom is -0.329 e. The molecule has 1 aliphatic rings. The van der Waals surface area contributed by atoms with Crippen LogP contribution in [0.2, 0.25) is 0 Å². The third kappa shape index (κ3) is 3.83. The first-order chi connectivity index (χ1) is 19.6. The second-order valence-electron chi connectivity index (χ2n) is 9.54. The van der Waals surface area contributed by atoms with E-state index in [1.165, 1.54) is 4.52 Å². The van der Waals surface area contributed by atoms with Gasteiger partial charge in [0, 0.05) is 17.1 Å². The topological polar surface area (TPSA) is 112 Å². The highest BCUT2D eigenvalue weighted by molar-refractivity contribution is 6.02. The average Bonchev–Trinajstić information content (AvgIpc) is 3.53. The first-order valence-electron chi connectivity index (χ1n) is 12.8. The zero-order valence-corrected chi connectivity index (χ0v) is 21.2. The summed E-state index contributed by atoms with van der Waals surface area (Å²) in [4.78, 5) is 49.9.